The number of nitriles is 1. The molecule has 1 amide bonds. The van der Waals surface area contributed by atoms with Gasteiger partial charge in [-0.15, -0.1) is 0 Å². The first kappa shape index (κ1) is 19.8. The van der Waals surface area contributed by atoms with Gasteiger partial charge >= 0.3 is 5.97 Å². The van der Waals surface area contributed by atoms with E-state index < -0.39 is 5.97 Å². The lowest BCUT2D eigenvalue weighted by Crippen LogP contribution is -2.26. The average molecular weight is 368 g/mol. The van der Waals surface area contributed by atoms with Crippen LogP contribution in [0, 0.1) is 11.3 Å². The Kier molecular flexibility index (Phi) is 6.78. The zero-order chi connectivity index (χ0) is 19.8. The van der Waals surface area contributed by atoms with Gasteiger partial charge in [-0.1, -0.05) is 12.1 Å². The maximum Gasteiger partial charge on any atom is 0.343 e. The summed E-state index contributed by atoms with van der Waals surface area (Å²) in [5, 5.41) is 8.84. The normalized spacial score (nSPS) is 9.85. The molecule has 140 valence electrons. The van der Waals surface area contributed by atoms with Crippen LogP contribution in [0.3, 0.4) is 0 Å². The van der Waals surface area contributed by atoms with Crippen molar-refractivity contribution in [3.63, 3.8) is 0 Å². The van der Waals surface area contributed by atoms with Crippen molar-refractivity contribution in [3.8, 4) is 17.6 Å². The lowest BCUT2D eigenvalue weighted by Gasteiger charge is -2.18. The van der Waals surface area contributed by atoms with Crippen LogP contribution in [0.25, 0.3) is 0 Å². The summed E-state index contributed by atoms with van der Waals surface area (Å²) in [5.41, 5.74) is 1.91. The van der Waals surface area contributed by atoms with Gasteiger partial charge in [0.25, 0.3) is 5.91 Å². The molecule has 27 heavy (non-hydrogen) atoms. The summed E-state index contributed by atoms with van der Waals surface area (Å²) in [6.07, 6.45) is 0. The Morgan fingerprint density at radius 3 is 2.37 bits per heavy atom. The molecule has 0 radical (unpaired) electrons. The van der Waals surface area contributed by atoms with Gasteiger partial charge in [0, 0.05) is 19.2 Å². The van der Waals surface area contributed by atoms with E-state index in [0.29, 0.717) is 29.2 Å². The second kappa shape index (κ2) is 9.25. The van der Waals surface area contributed by atoms with Crippen molar-refractivity contribution in [1.82, 2.24) is 4.90 Å². The van der Waals surface area contributed by atoms with Gasteiger partial charge in [0.2, 0.25) is 0 Å². The van der Waals surface area contributed by atoms with Crippen molar-refractivity contribution in [2.45, 2.75) is 6.54 Å². The van der Waals surface area contributed by atoms with Gasteiger partial charge in [-0.3, -0.25) is 4.79 Å². The number of nitrogens with zero attached hydrogens (tertiary/aromatic N) is 2. The molecule has 2 rings (SSSR count). The lowest BCUT2D eigenvalue weighted by atomic mass is 10.1. The monoisotopic (exact) mass is 368 g/mol. The van der Waals surface area contributed by atoms with Crippen molar-refractivity contribution in [2.24, 2.45) is 0 Å². The zero-order valence-corrected chi connectivity index (χ0v) is 15.4. The number of esters is 1. The van der Waals surface area contributed by atoms with E-state index in [1.807, 2.05) is 12.1 Å². The summed E-state index contributed by atoms with van der Waals surface area (Å²) in [5.74, 6) is -0.0257. The first-order valence-electron chi connectivity index (χ1n) is 8.10. The highest BCUT2D eigenvalue weighted by molar-refractivity contribution is 5.94. The summed E-state index contributed by atoms with van der Waals surface area (Å²) in [7, 11) is 4.41. The van der Waals surface area contributed by atoms with Gasteiger partial charge in [-0.25, -0.2) is 4.79 Å². The number of carbonyl (C=O) groups excluding carboxylic acids is 2. The summed E-state index contributed by atoms with van der Waals surface area (Å²) < 4.78 is 15.1. The third-order valence-corrected chi connectivity index (χ3v) is 3.83. The molecule has 7 nitrogen and oxygen atoms in total. The molecular weight excluding hydrogens is 348 g/mol. The Morgan fingerprint density at radius 1 is 1.07 bits per heavy atom. The minimum Gasteiger partial charge on any atom is -0.493 e. The van der Waals surface area contributed by atoms with E-state index in [-0.39, 0.29) is 12.5 Å². The van der Waals surface area contributed by atoms with Gasteiger partial charge in [-0.2, -0.15) is 5.26 Å². The molecule has 0 aromatic heterocycles. The summed E-state index contributed by atoms with van der Waals surface area (Å²) in [6, 6.07) is 13.8. The van der Waals surface area contributed by atoms with Crippen LogP contribution in [0.15, 0.2) is 42.5 Å². The fourth-order valence-corrected chi connectivity index (χ4v) is 2.37. The number of benzene rings is 2. The van der Waals surface area contributed by atoms with Crippen molar-refractivity contribution < 1.29 is 23.8 Å². The summed E-state index contributed by atoms with van der Waals surface area (Å²) in [6.45, 7) is 0.145. The number of hydrogen-bond acceptors (Lipinski definition) is 6. The van der Waals surface area contributed by atoms with Crippen LogP contribution in [0.2, 0.25) is 0 Å². The topological polar surface area (TPSA) is 88.9 Å². The third-order valence-electron chi connectivity index (χ3n) is 3.83. The number of carbonyl (C=O) groups is 2. The fourth-order valence-electron chi connectivity index (χ4n) is 2.37. The van der Waals surface area contributed by atoms with Gasteiger partial charge in [0.15, 0.2) is 18.1 Å². The van der Waals surface area contributed by atoms with E-state index in [4.69, 9.17) is 14.7 Å². The Bertz CT molecular complexity index is 856. The SMILES string of the molecule is COC(=O)COc1ccc(C(=O)N(C)Cc2ccc(C#N)cc2)cc1OC. The quantitative estimate of drug-likeness (QED) is 0.697. The minimum absolute atomic E-state index is 0.197. The van der Waals surface area contributed by atoms with Crippen LogP contribution in [0.1, 0.15) is 21.5 Å². The Morgan fingerprint density at radius 2 is 1.78 bits per heavy atom. The molecule has 0 spiro atoms. The first-order chi connectivity index (χ1) is 13.0. The van der Waals surface area contributed by atoms with Crippen molar-refractivity contribution >= 4 is 11.9 Å². The number of methoxy groups -OCH3 is 2. The number of amides is 1. The smallest absolute Gasteiger partial charge is 0.343 e. The number of ether oxygens (including phenoxy) is 3. The maximum atomic E-state index is 12.7. The van der Waals surface area contributed by atoms with Crippen molar-refractivity contribution in [1.29, 1.82) is 5.26 Å². The van der Waals surface area contributed by atoms with Crippen LogP contribution in [0.4, 0.5) is 0 Å². The molecule has 0 N–H and O–H groups in total. The average Bonchev–Trinajstić information content (AvgIpc) is 2.71. The molecule has 0 heterocycles. The van der Waals surface area contributed by atoms with Gasteiger partial charge in [-0.05, 0) is 35.9 Å². The second-order valence-electron chi connectivity index (χ2n) is 5.70. The molecule has 0 aliphatic heterocycles. The fraction of sp³-hybridized carbons (Fsp3) is 0.250. The molecule has 0 fully saturated rings. The molecule has 2 aromatic rings. The zero-order valence-electron chi connectivity index (χ0n) is 15.4. The lowest BCUT2D eigenvalue weighted by molar-refractivity contribution is -0.142. The van der Waals surface area contributed by atoms with E-state index in [1.165, 1.54) is 14.2 Å². The van der Waals surface area contributed by atoms with E-state index in [1.54, 1.807) is 42.3 Å². The molecule has 0 atom stereocenters. The molecule has 0 saturated carbocycles. The summed E-state index contributed by atoms with van der Waals surface area (Å²) >= 11 is 0. The molecule has 7 heteroatoms. The predicted octanol–water partition coefficient (Wildman–Crippen LogP) is 2.39. The van der Waals surface area contributed by atoms with Crippen molar-refractivity contribution in [2.75, 3.05) is 27.9 Å². The Hall–Kier alpha value is -3.53. The first-order valence-corrected chi connectivity index (χ1v) is 8.10. The molecule has 0 aliphatic rings. The van der Waals surface area contributed by atoms with Gasteiger partial charge in [0.05, 0.1) is 25.9 Å². The standard InChI is InChI=1S/C20H20N2O5/c1-22(12-15-6-4-14(11-21)5-7-15)20(24)16-8-9-17(18(10-16)25-2)27-13-19(23)26-3/h4-10H,12-13H2,1-3H3. The van der Waals surface area contributed by atoms with Crippen molar-refractivity contribution in [3.05, 3.63) is 59.2 Å². The molecule has 0 saturated heterocycles. The molecular formula is C20H20N2O5. The van der Waals surface area contributed by atoms with E-state index in [9.17, 15) is 9.59 Å². The highest BCUT2D eigenvalue weighted by Crippen LogP contribution is 2.28. The predicted molar refractivity (Wildman–Crippen MR) is 97.5 cm³/mol. The summed E-state index contributed by atoms with van der Waals surface area (Å²) in [4.78, 5) is 25.4. The second-order valence-corrected chi connectivity index (χ2v) is 5.70. The van der Waals surface area contributed by atoms with E-state index >= 15 is 0 Å². The minimum atomic E-state index is -0.514. The van der Waals surface area contributed by atoms with Crippen LogP contribution in [0.5, 0.6) is 11.5 Å². The molecule has 0 unspecified atom stereocenters. The molecule has 0 bridgehead atoms. The third kappa shape index (κ3) is 5.22. The van der Waals surface area contributed by atoms with Crippen LogP contribution in [-0.4, -0.2) is 44.7 Å². The van der Waals surface area contributed by atoms with Crippen LogP contribution < -0.4 is 9.47 Å². The highest BCUT2D eigenvalue weighted by atomic mass is 16.6. The Labute approximate surface area is 157 Å². The number of hydrogen-bond donors (Lipinski definition) is 0. The highest BCUT2D eigenvalue weighted by Gasteiger charge is 2.16. The van der Waals surface area contributed by atoms with Gasteiger partial charge in [0.1, 0.15) is 0 Å². The largest absolute Gasteiger partial charge is 0.493 e. The van der Waals surface area contributed by atoms with Gasteiger partial charge < -0.3 is 19.1 Å². The van der Waals surface area contributed by atoms with Crippen LogP contribution in [-0.2, 0) is 16.1 Å². The van der Waals surface area contributed by atoms with E-state index in [2.05, 4.69) is 10.8 Å². The maximum absolute atomic E-state index is 12.7. The van der Waals surface area contributed by atoms with E-state index in [0.717, 1.165) is 5.56 Å². The number of rotatable bonds is 7. The van der Waals surface area contributed by atoms with Crippen LogP contribution >= 0.6 is 0 Å². The Balaban J connectivity index is 2.10. The molecule has 2 aromatic carbocycles. The molecule has 0 aliphatic carbocycles.